The van der Waals surface area contributed by atoms with Crippen molar-refractivity contribution >= 4 is 17.9 Å². The summed E-state index contributed by atoms with van der Waals surface area (Å²) in [7, 11) is 0. The van der Waals surface area contributed by atoms with Crippen molar-refractivity contribution in [2.45, 2.75) is 6.92 Å². The summed E-state index contributed by atoms with van der Waals surface area (Å²) < 4.78 is 31.2. The lowest BCUT2D eigenvalue weighted by Crippen LogP contribution is -2.05. The Kier molecular flexibility index (Phi) is 3.55. The molecule has 0 bridgehead atoms. The lowest BCUT2D eigenvalue weighted by molar-refractivity contribution is -0.129. The highest BCUT2D eigenvalue weighted by Crippen LogP contribution is 2.20. The van der Waals surface area contributed by atoms with E-state index in [-0.39, 0.29) is 11.6 Å². The number of hydrogen-bond donors (Lipinski definition) is 0. The maximum Gasteiger partial charge on any atom is 0.363 e. The van der Waals surface area contributed by atoms with Gasteiger partial charge in [-0.1, -0.05) is 23.8 Å². The van der Waals surface area contributed by atoms with Gasteiger partial charge in [0.15, 0.2) is 17.3 Å². The smallest absolute Gasteiger partial charge is 0.363 e. The zero-order chi connectivity index (χ0) is 15.7. The molecule has 2 aromatic rings. The van der Waals surface area contributed by atoms with Crippen molar-refractivity contribution in [3.05, 3.63) is 76.5 Å². The SMILES string of the molecule is Cc1ccc(C2=NC(=Cc3ccc(F)c(F)c3)C(=O)O2)cc1. The number of benzene rings is 2. The summed E-state index contributed by atoms with van der Waals surface area (Å²) in [4.78, 5) is 15.9. The molecule has 1 aliphatic rings. The zero-order valence-corrected chi connectivity index (χ0v) is 11.6. The molecule has 5 heteroatoms. The molecule has 0 N–H and O–H groups in total. The Hall–Kier alpha value is -2.82. The topological polar surface area (TPSA) is 38.7 Å². The Morgan fingerprint density at radius 2 is 1.77 bits per heavy atom. The Labute approximate surface area is 125 Å². The van der Waals surface area contributed by atoms with Gasteiger partial charge in [-0.3, -0.25) is 0 Å². The molecule has 22 heavy (non-hydrogen) atoms. The fourth-order valence-electron chi connectivity index (χ4n) is 1.99. The van der Waals surface area contributed by atoms with Gasteiger partial charge in [0, 0.05) is 5.56 Å². The molecule has 0 amide bonds. The van der Waals surface area contributed by atoms with E-state index >= 15 is 0 Å². The molecule has 0 aliphatic carbocycles. The third kappa shape index (κ3) is 2.79. The highest BCUT2D eigenvalue weighted by atomic mass is 19.2. The fourth-order valence-corrected chi connectivity index (χ4v) is 1.99. The van der Waals surface area contributed by atoms with Crippen LogP contribution in [0.15, 0.2) is 53.2 Å². The second kappa shape index (κ2) is 5.52. The minimum absolute atomic E-state index is 0.0431. The zero-order valence-electron chi connectivity index (χ0n) is 11.6. The summed E-state index contributed by atoms with van der Waals surface area (Å²) in [6, 6.07) is 10.7. The average molecular weight is 299 g/mol. The van der Waals surface area contributed by atoms with Crippen LogP contribution < -0.4 is 0 Å². The van der Waals surface area contributed by atoms with Crippen LogP contribution in [0.5, 0.6) is 0 Å². The number of cyclic esters (lactones) is 1. The molecule has 0 saturated heterocycles. The van der Waals surface area contributed by atoms with Crippen molar-refractivity contribution in [2.75, 3.05) is 0 Å². The Balaban J connectivity index is 1.93. The third-order valence-corrected chi connectivity index (χ3v) is 3.17. The fraction of sp³-hybridized carbons (Fsp3) is 0.0588. The molecule has 0 atom stereocenters. The van der Waals surface area contributed by atoms with Crippen molar-refractivity contribution in [3.63, 3.8) is 0 Å². The highest BCUT2D eigenvalue weighted by Gasteiger charge is 2.24. The average Bonchev–Trinajstić information content (AvgIpc) is 2.85. The summed E-state index contributed by atoms with van der Waals surface area (Å²) in [6.45, 7) is 1.95. The van der Waals surface area contributed by atoms with E-state index in [0.717, 1.165) is 17.7 Å². The standard InChI is InChI=1S/C17H11F2NO2/c1-10-2-5-12(6-3-10)16-20-15(17(21)22-16)9-11-4-7-13(18)14(19)8-11/h2-9H,1H3. The van der Waals surface area contributed by atoms with Crippen molar-refractivity contribution in [2.24, 2.45) is 4.99 Å². The lowest BCUT2D eigenvalue weighted by atomic mass is 10.1. The molecule has 0 unspecified atom stereocenters. The molecule has 110 valence electrons. The molecule has 1 aliphatic heterocycles. The Morgan fingerprint density at radius 3 is 2.45 bits per heavy atom. The van der Waals surface area contributed by atoms with Crippen molar-refractivity contribution in [1.29, 1.82) is 0 Å². The second-order valence-corrected chi connectivity index (χ2v) is 4.88. The van der Waals surface area contributed by atoms with Gasteiger partial charge in [-0.2, -0.15) is 0 Å². The summed E-state index contributed by atoms with van der Waals surface area (Å²) in [5.74, 6) is -2.36. The van der Waals surface area contributed by atoms with Gasteiger partial charge < -0.3 is 4.74 Å². The van der Waals surface area contributed by atoms with E-state index in [2.05, 4.69) is 4.99 Å². The first-order valence-electron chi connectivity index (χ1n) is 6.57. The number of ether oxygens (including phenoxy) is 1. The first-order chi connectivity index (χ1) is 10.5. The molecule has 2 aromatic carbocycles. The van der Waals surface area contributed by atoms with E-state index in [1.165, 1.54) is 12.1 Å². The first kappa shape index (κ1) is 14.1. The van der Waals surface area contributed by atoms with Gasteiger partial charge in [-0.05, 0) is 42.8 Å². The Morgan fingerprint density at radius 1 is 1.05 bits per heavy atom. The molecule has 3 nitrogen and oxygen atoms in total. The number of carbonyl (C=O) groups excluding carboxylic acids is 1. The normalized spacial score (nSPS) is 15.9. The van der Waals surface area contributed by atoms with Gasteiger partial charge >= 0.3 is 5.97 Å². The van der Waals surface area contributed by atoms with E-state index < -0.39 is 17.6 Å². The maximum absolute atomic E-state index is 13.2. The maximum atomic E-state index is 13.2. The van der Waals surface area contributed by atoms with Gasteiger partial charge in [0.05, 0.1) is 0 Å². The van der Waals surface area contributed by atoms with Gasteiger partial charge in [0.25, 0.3) is 0 Å². The van der Waals surface area contributed by atoms with Crippen LogP contribution in [-0.4, -0.2) is 11.9 Å². The van der Waals surface area contributed by atoms with Crippen LogP contribution in [0.4, 0.5) is 8.78 Å². The number of carbonyl (C=O) groups is 1. The van der Waals surface area contributed by atoms with E-state index in [4.69, 9.17) is 4.74 Å². The second-order valence-electron chi connectivity index (χ2n) is 4.88. The quantitative estimate of drug-likeness (QED) is 0.627. The van der Waals surface area contributed by atoms with Crippen molar-refractivity contribution in [1.82, 2.24) is 0 Å². The minimum atomic E-state index is -0.983. The molecular weight excluding hydrogens is 288 g/mol. The number of rotatable bonds is 2. The van der Waals surface area contributed by atoms with E-state index in [1.807, 2.05) is 19.1 Å². The van der Waals surface area contributed by atoms with E-state index in [1.54, 1.807) is 12.1 Å². The number of aryl methyl sites for hydroxylation is 1. The van der Waals surface area contributed by atoms with Crippen LogP contribution >= 0.6 is 0 Å². The minimum Gasteiger partial charge on any atom is -0.402 e. The van der Waals surface area contributed by atoms with E-state index in [9.17, 15) is 13.6 Å². The van der Waals surface area contributed by atoms with Crippen LogP contribution in [0.25, 0.3) is 6.08 Å². The molecular formula is C17H11F2NO2. The molecule has 0 saturated carbocycles. The first-order valence-corrected chi connectivity index (χ1v) is 6.57. The molecule has 1 heterocycles. The summed E-state index contributed by atoms with van der Waals surface area (Å²) in [6.07, 6.45) is 1.35. The number of halogens is 2. The van der Waals surface area contributed by atoms with Crippen LogP contribution in [0, 0.1) is 18.6 Å². The summed E-state index contributed by atoms with van der Waals surface area (Å²) in [5.41, 5.74) is 2.13. The lowest BCUT2D eigenvalue weighted by Gasteiger charge is -1.99. The van der Waals surface area contributed by atoms with Crippen LogP contribution in [0.2, 0.25) is 0 Å². The van der Waals surface area contributed by atoms with E-state index in [0.29, 0.717) is 11.1 Å². The molecule has 0 aromatic heterocycles. The predicted molar refractivity (Wildman–Crippen MR) is 78.1 cm³/mol. The third-order valence-electron chi connectivity index (χ3n) is 3.17. The van der Waals surface area contributed by atoms with Crippen molar-refractivity contribution in [3.8, 4) is 0 Å². The van der Waals surface area contributed by atoms with Crippen LogP contribution in [-0.2, 0) is 9.53 Å². The molecule has 0 fully saturated rings. The van der Waals surface area contributed by atoms with Gasteiger partial charge in [-0.25, -0.2) is 18.6 Å². The van der Waals surface area contributed by atoms with Gasteiger partial charge in [0.2, 0.25) is 5.90 Å². The van der Waals surface area contributed by atoms with Crippen LogP contribution in [0.3, 0.4) is 0 Å². The van der Waals surface area contributed by atoms with Gasteiger partial charge in [0.1, 0.15) is 0 Å². The van der Waals surface area contributed by atoms with Gasteiger partial charge in [-0.15, -0.1) is 0 Å². The monoisotopic (exact) mass is 299 g/mol. The number of aliphatic imine (C=N–C) groups is 1. The summed E-state index contributed by atoms with van der Waals surface area (Å²) in [5, 5.41) is 0. The Bertz CT molecular complexity index is 808. The van der Waals surface area contributed by atoms with Crippen LogP contribution in [0.1, 0.15) is 16.7 Å². The molecule has 0 spiro atoms. The molecule has 3 rings (SSSR count). The largest absolute Gasteiger partial charge is 0.402 e. The highest BCUT2D eigenvalue weighted by molar-refractivity contribution is 6.12. The van der Waals surface area contributed by atoms with Crippen molar-refractivity contribution < 1.29 is 18.3 Å². The summed E-state index contributed by atoms with van der Waals surface area (Å²) >= 11 is 0. The number of esters is 1. The predicted octanol–water partition coefficient (Wildman–Crippen LogP) is 3.62. The molecule has 0 radical (unpaired) electrons. The number of nitrogens with zero attached hydrogens (tertiary/aromatic N) is 1. The number of hydrogen-bond acceptors (Lipinski definition) is 3.